The second-order valence-electron chi connectivity index (χ2n) is 10.1. The molecule has 214 valence electrons. The number of alkyl halides is 6. The molecule has 1 fully saturated rings. The Morgan fingerprint density at radius 2 is 1.77 bits per heavy atom. The first-order chi connectivity index (χ1) is 18.3. The Hall–Kier alpha value is -2.90. The number of aromatic amines is 1. The van der Waals surface area contributed by atoms with Gasteiger partial charge in [-0.25, -0.2) is 9.89 Å². The van der Waals surface area contributed by atoms with Gasteiger partial charge in [0.05, 0.1) is 36.0 Å². The fourth-order valence-electron chi connectivity index (χ4n) is 5.35. The molecule has 1 aliphatic heterocycles. The molecule has 2 aromatic rings. The van der Waals surface area contributed by atoms with E-state index in [1.807, 2.05) is 24.3 Å². The summed E-state index contributed by atoms with van der Waals surface area (Å²) < 4.78 is 93.3. The molecule has 2 heterocycles. The third-order valence-electron chi connectivity index (χ3n) is 7.64. The summed E-state index contributed by atoms with van der Waals surface area (Å²) in [5.74, 6) is -0.0661. The Morgan fingerprint density at radius 3 is 2.26 bits per heavy atom. The molecule has 1 aromatic heterocycles. The first-order valence-corrected chi connectivity index (χ1v) is 12.4. The van der Waals surface area contributed by atoms with E-state index in [1.54, 1.807) is 0 Å². The van der Waals surface area contributed by atoms with Gasteiger partial charge in [-0.3, -0.25) is 4.57 Å². The van der Waals surface area contributed by atoms with Gasteiger partial charge < -0.3 is 14.8 Å². The maximum absolute atomic E-state index is 13.4. The van der Waals surface area contributed by atoms with Gasteiger partial charge in [0, 0.05) is 25.1 Å². The number of nitrogens with one attached hydrogen (secondary N) is 2. The monoisotopic (exact) mass is 560 g/mol. The average Bonchev–Trinajstić information content (AvgIpc) is 3.34. The van der Waals surface area contributed by atoms with Crippen LogP contribution in [0.5, 0.6) is 0 Å². The lowest BCUT2D eigenvalue weighted by molar-refractivity contribution is -0.143. The van der Waals surface area contributed by atoms with Gasteiger partial charge in [-0.1, -0.05) is 24.3 Å². The van der Waals surface area contributed by atoms with E-state index in [9.17, 15) is 31.1 Å². The topological polar surface area (TPSA) is 81.2 Å². The molecular formula is C26H30F6N4O3. The Labute approximate surface area is 220 Å². The van der Waals surface area contributed by atoms with Crippen LogP contribution in [0.3, 0.4) is 0 Å². The standard InChI is InChI=1S/C26H30F6N4O3/c1-17(18-10-20(25(27,28)29)12-21(11-18)26(30,31)32)39-15-24(19-6-4-3-5-7-19)9-8-23(13-33-24,14-38-2)36-16-34-35-22(36)37/h3-6,10-12,16-17,19,33H,7-9,13-15H2,1-2H3,(H,35,37)/t17-,19?,23+,24-/m1/s1. The van der Waals surface area contributed by atoms with Crippen molar-refractivity contribution >= 4 is 0 Å². The van der Waals surface area contributed by atoms with E-state index in [1.165, 1.54) is 24.9 Å². The number of H-pyrrole nitrogens is 1. The largest absolute Gasteiger partial charge is 0.416 e. The SMILES string of the molecule is COC[C@]1(n2cn[nH]c2=O)CC[C@@](CO[C@H](C)c2cc(C(F)(F)F)cc(C(F)(F)F)c2)(C2C=CC=CC2)NC1. The Kier molecular flexibility index (Phi) is 8.16. The van der Waals surface area contributed by atoms with Gasteiger partial charge in [0.2, 0.25) is 0 Å². The van der Waals surface area contributed by atoms with Crippen molar-refractivity contribution in [1.82, 2.24) is 20.1 Å². The second kappa shape index (κ2) is 10.9. The van der Waals surface area contributed by atoms with Crippen molar-refractivity contribution in [2.24, 2.45) is 5.92 Å². The van der Waals surface area contributed by atoms with Crippen molar-refractivity contribution in [3.8, 4) is 0 Å². The molecule has 0 bridgehead atoms. The molecule has 13 heteroatoms. The minimum atomic E-state index is -4.95. The fourth-order valence-corrected chi connectivity index (χ4v) is 5.35. The predicted octanol–water partition coefficient (Wildman–Crippen LogP) is 4.98. The van der Waals surface area contributed by atoms with Crippen LogP contribution in [0.1, 0.15) is 49.0 Å². The normalized spacial score (nSPS) is 26.6. The van der Waals surface area contributed by atoms with E-state index in [4.69, 9.17) is 9.47 Å². The van der Waals surface area contributed by atoms with Gasteiger partial charge >= 0.3 is 18.0 Å². The summed E-state index contributed by atoms with van der Waals surface area (Å²) in [6.07, 6.45) is -0.140. The molecule has 0 spiro atoms. The van der Waals surface area contributed by atoms with Crippen molar-refractivity contribution in [2.75, 3.05) is 26.9 Å². The first kappa shape index (κ1) is 29.1. The Balaban J connectivity index is 1.60. The number of piperidine rings is 1. The molecule has 2 N–H and O–H groups in total. The number of benzene rings is 1. The Bertz CT molecular complexity index is 1220. The van der Waals surface area contributed by atoms with Gasteiger partial charge in [0.1, 0.15) is 6.33 Å². The van der Waals surface area contributed by atoms with E-state index < -0.39 is 46.4 Å². The lowest BCUT2D eigenvalue weighted by Gasteiger charge is -2.50. The van der Waals surface area contributed by atoms with Crippen molar-refractivity contribution in [3.63, 3.8) is 0 Å². The molecule has 1 aliphatic carbocycles. The number of methoxy groups -OCH3 is 1. The number of hydrogen-bond donors (Lipinski definition) is 2. The van der Waals surface area contributed by atoms with Crippen molar-refractivity contribution in [2.45, 2.75) is 55.7 Å². The lowest BCUT2D eigenvalue weighted by Crippen LogP contribution is -2.65. The minimum Gasteiger partial charge on any atom is -0.382 e. The van der Waals surface area contributed by atoms with Crippen molar-refractivity contribution in [1.29, 1.82) is 0 Å². The molecule has 1 unspecified atom stereocenters. The molecule has 2 aliphatic rings. The number of aromatic nitrogens is 3. The zero-order chi connectivity index (χ0) is 28.5. The van der Waals surface area contributed by atoms with Crippen LogP contribution in [0.2, 0.25) is 0 Å². The van der Waals surface area contributed by atoms with Gasteiger partial charge in [-0.15, -0.1) is 0 Å². The summed E-state index contributed by atoms with van der Waals surface area (Å²) in [5.41, 5.74) is -4.83. The Morgan fingerprint density at radius 1 is 1.08 bits per heavy atom. The van der Waals surface area contributed by atoms with Crippen LogP contribution in [-0.2, 0) is 27.4 Å². The summed E-state index contributed by atoms with van der Waals surface area (Å²) in [6.45, 7) is 1.96. The number of rotatable bonds is 8. The fraction of sp³-hybridized carbons (Fsp3) is 0.538. The highest BCUT2D eigenvalue weighted by atomic mass is 19.4. The van der Waals surface area contributed by atoms with Crippen LogP contribution in [0.4, 0.5) is 26.3 Å². The molecule has 7 nitrogen and oxygen atoms in total. The molecular weight excluding hydrogens is 530 g/mol. The highest BCUT2D eigenvalue weighted by Crippen LogP contribution is 2.41. The van der Waals surface area contributed by atoms with E-state index in [0.29, 0.717) is 37.9 Å². The molecule has 0 amide bonds. The number of hydrogen-bond acceptors (Lipinski definition) is 5. The number of ether oxygens (including phenoxy) is 2. The number of halogens is 6. The van der Waals surface area contributed by atoms with Gasteiger partial charge in [0.15, 0.2) is 0 Å². The van der Waals surface area contributed by atoms with Crippen LogP contribution in [0.15, 0.2) is 53.6 Å². The lowest BCUT2D eigenvalue weighted by atomic mass is 9.71. The van der Waals surface area contributed by atoms with Gasteiger partial charge in [0.25, 0.3) is 0 Å². The highest BCUT2D eigenvalue weighted by molar-refractivity contribution is 5.34. The van der Waals surface area contributed by atoms with Gasteiger partial charge in [-0.2, -0.15) is 31.4 Å². The van der Waals surface area contributed by atoms with Crippen LogP contribution in [0, 0.1) is 5.92 Å². The maximum atomic E-state index is 13.4. The predicted molar refractivity (Wildman–Crippen MR) is 130 cm³/mol. The maximum Gasteiger partial charge on any atom is 0.416 e. The summed E-state index contributed by atoms with van der Waals surface area (Å²) >= 11 is 0. The zero-order valence-corrected chi connectivity index (χ0v) is 21.4. The molecule has 0 saturated carbocycles. The molecule has 39 heavy (non-hydrogen) atoms. The molecule has 0 radical (unpaired) electrons. The molecule has 1 saturated heterocycles. The summed E-state index contributed by atoms with van der Waals surface area (Å²) in [6, 6.07) is 1.49. The van der Waals surface area contributed by atoms with Crippen molar-refractivity contribution in [3.05, 3.63) is 76.0 Å². The first-order valence-electron chi connectivity index (χ1n) is 12.4. The van der Waals surface area contributed by atoms with E-state index in [0.717, 1.165) is 0 Å². The van der Waals surface area contributed by atoms with Gasteiger partial charge in [-0.05, 0) is 49.9 Å². The number of nitrogens with zero attached hydrogens (tertiary/aromatic N) is 2. The van der Waals surface area contributed by atoms with Crippen LogP contribution < -0.4 is 11.0 Å². The van der Waals surface area contributed by atoms with Crippen LogP contribution in [-0.4, -0.2) is 47.2 Å². The molecule has 1 aromatic carbocycles. The highest BCUT2D eigenvalue weighted by Gasteiger charge is 2.48. The zero-order valence-electron chi connectivity index (χ0n) is 21.4. The number of allylic oxidation sites excluding steroid dienone is 3. The van der Waals surface area contributed by atoms with Crippen LogP contribution >= 0.6 is 0 Å². The minimum absolute atomic E-state index is 0.0119. The summed E-state index contributed by atoms with van der Waals surface area (Å²) in [4.78, 5) is 12.4. The van der Waals surface area contributed by atoms with E-state index in [2.05, 4.69) is 15.5 Å². The third kappa shape index (κ3) is 6.15. The summed E-state index contributed by atoms with van der Waals surface area (Å²) in [5, 5.41) is 9.74. The van der Waals surface area contributed by atoms with E-state index in [-0.39, 0.29) is 30.8 Å². The quantitative estimate of drug-likeness (QED) is 0.445. The summed E-state index contributed by atoms with van der Waals surface area (Å²) in [7, 11) is 1.53. The molecule has 4 rings (SSSR count). The smallest absolute Gasteiger partial charge is 0.382 e. The second-order valence-corrected chi connectivity index (χ2v) is 10.1. The molecule has 4 atom stereocenters. The average molecular weight is 561 g/mol. The van der Waals surface area contributed by atoms with Crippen molar-refractivity contribution < 1.29 is 35.8 Å². The third-order valence-corrected chi connectivity index (χ3v) is 7.64. The van der Waals surface area contributed by atoms with Crippen LogP contribution in [0.25, 0.3) is 0 Å². The van der Waals surface area contributed by atoms with E-state index >= 15 is 0 Å².